The molecule has 0 atom stereocenters. The van der Waals surface area contributed by atoms with Crippen LogP contribution in [0.1, 0.15) is 40.5 Å². The minimum Gasteiger partial charge on any atom is -0.496 e. The van der Waals surface area contributed by atoms with Crippen LogP contribution in [0.25, 0.3) is 11.3 Å². The van der Waals surface area contributed by atoms with Crippen molar-refractivity contribution in [1.82, 2.24) is 10.3 Å². The number of benzene rings is 1. The van der Waals surface area contributed by atoms with E-state index in [1.807, 2.05) is 30.3 Å². The van der Waals surface area contributed by atoms with E-state index in [-0.39, 0.29) is 17.2 Å². The maximum absolute atomic E-state index is 6.32. The van der Waals surface area contributed by atoms with Crippen LogP contribution < -0.4 is 20.5 Å². The monoisotopic (exact) mass is 355 g/mol. The predicted octanol–water partition coefficient (Wildman–Crippen LogP) is 4.03. The summed E-state index contributed by atoms with van der Waals surface area (Å²) in [5.74, 6) is 2.03. The Morgan fingerprint density at radius 3 is 2.38 bits per heavy atom. The number of hydrogen-bond donors (Lipinski definition) is 2. The van der Waals surface area contributed by atoms with Gasteiger partial charge in [-0.3, -0.25) is 0 Å². The van der Waals surface area contributed by atoms with Gasteiger partial charge in [0.15, 0.2) is 0 Å². The van der Waals surface area contributed by atoms with Crippen molar-refractivity contribution in [3.05, 3.63) is 36.4 Å². The van der Waals surface area contributed by atoms with Crippen LogP contribution in [0.2, 0.25) is 0 Å². The minimum absolute atomic E-state index is 0.0436. The van der Waals surface area contributed by atoms with E-state index in [0.29, 0.717) is 5.82 Å². The highest BCUT2D eigenvalue weighted by molar-refractivity contribution is 5.69. The molecule has 1 fully saturated rings. The molecule has 0 amide bonds. The Balaban J connectivity index is 1.84. The number of anilines is 1. The maximum Gasteiger partial charge on any atom is 0.131 e. The van der Waals surface area contributed by atoms with Gasteiger partial charge in [-0.25, -0.2) is 4.98 Å². The summed E-state index contributed by atoms with van der Waals surface area (Å²) in [4.78, 5) is 4.38. The number of nitrogens with one attached hydrogen (secondary N) is 1. The number of pyridine rings is 1. The van der Waals surface area contributed by atoms with E-state index in [0.717, 1.165) is 35.6 Å². The van der Waals surface area contributed by atoms with E-state index >= 15 is 0 Å². The number of nitrogens with zero attached hydrogens (tertiary/aromatic N) is 1. The number of hydrogen-bond acceptors (Lipinski definition) is 5. The molecule has 1 aromatic heterocycles. The van der Waals surface area contributed by atoms with E-state index in [1.54, 1.807) is 13.2 Å². The molecule has 0 spiro atoms. The Morgan fingerprint density at radius 1 is 1.08 bits per heavy atom. The van der Waals surface area contributed by atoms with Crippen molar-refractivity contribution in [3.63, 3.8) is 0 Å². The first kappa shape index (κ1) is 18.5. The third-order valence-electron chi connectivity index (χ3n) is 4.68. The minimum atomic E-state index is 0.0436. The fraction of sp³-hybridized carbons (Fsp3) is 0.476. The van der Waals surface area contributed by atoms with Crippen LogP contribution in [-0.2, 0) is 0 Å². The van der Waals surface area contributed by atoms with Gasteiger partial charge in [-0.2, -0.15) is 0 Å². The largest absolute Gasteiger partial charge is 0.496 e. The van der Waals surface area contributed by atoms with Crippen molar-refractivity contribution >= 4 is 5.82 Å². The van der Waals surface area contributed by atoms with Crippen LogP contribution in [0.5, 0.6) is 11.5 Å². The summed E-state index contributed by atoms with van der Waals surface area (Å²) in [6.45, 7) is 8.89. The normalized spacial score (nSPS) is 19.1. The summed E-state index contributed by atoms with van der Waals surface area (Å²) in [7, 11) is 1.66. The van der Waals surface area contributed by atoms with Gasteiger partial charge >= 0.3 is 0 Å². The molecule has 0 unspecified atom stereocenters. The Kier molecular flexibility index (Phi) is 4.84. The predicted molar refractivity (Wildman–Crippen MR) is 106 cm³/mol. The third kappa shape index (κ3) is 4.28. The third-order valence-corrected chi connectivity index (χ3v) is 4.68. The van der Waals surface area contributed by atoms with Gasteiger partial charge in [-0.05, 0) is 52.0 Å². The second kappa shape index (κ2) is 6.80. The molecule has 3 N–H and O–H groups in total. The van der Waals surface area contributed by atoms with Crippen molar-refractivity contribution in [1.29, 1.82) is 0 Å². The van der Waals surface area contributed by atoms with Crippen molar-refractivity contribution in [2.75, 3.05) is 12.8 Å². The number of nitrogens with two attached hydrogens (primary N) is 1. The van der Waals surface area contributed by atoms with Gasteiger partial charge < -0.3 is 20.5 Å². The second-order valence-corrected chi connectivity index (χ2v) is 8.35. The van der Waals surface area contributed by atoms with E-state index in [2.05, 4.69) is 38.0 Å². The highest BCUT2D eigenvalue weighted by atomic mass is 16.5. The molecule has 26 heavy (non-hydrogen) atoms. The molecule has 5 heteroatoms. The first-order chi connectivity index (χ1) is 12.2. The standard InChI is InChI=1S/C21H29N3O2/c1-20(2)12-15(13-21(3,4)24-20)26-14-9-10-16(18(11-14)25-5)17-7-6-8-19(22)23-17/h6-11,15,24H,12-13H2,1-5H3,(H2,22,23). The summed E-state index contributed by atoms with van der Waals surface area (Å²) in [5, 5.41) is 3.68. The van der Waals surface area contributed by atoms with Crippen LogP contribution in [0.15, 0.2) is 36.4 Å². The number of methoxy groups -OCH3 is 1. The van der Waals surface area contributed by atoms with Gasteiger partial charge in [-0.15, -0.1) is 0 Å². The summed E-state index contributed by atoms with van der Waals surface area (Å²) in [6.07, 6.45) is 2.07. The summed E-state index contributed by atoms with van der Waals surface area (Å²) >= 11 is 0. The van der Waals surface area contributed by atoms with Gasteiger partial charge in [0.1, 0.15) is 23.4 Å². The van der Waals surface area contributed by atoms with Crippen LogP contribution in [0.4, 0.5) is 5.82 Å². The lowest BCUT2D eigenvalue weighted by molar-refractivity contribution is 0.0558. The smallest absolute Gasteiger partial charge is 0.131 e. The van der Waals surface area contributed by atoms with E-state index < -0.39 is 0 Å². The molecule has 140 valence electrons. The maximum atomic E-state index is 6.32. The Hall–Kier alpha value is -2.27. The Bertz CT molecular complexity index is 771. The van der Waals surface area contributed by atoms with Gasteiger partial charge in [0.05, 0.1) is 12.8 Å². The molecule has 0 bridgehead atoms. The van der Waals surface area contributed by atoms with Gasteiger partial charge in [0.25, 0.3) is 0 Å². The highest BCUT2D eigenvalue weighted by Gasteiger charge is 2.38. The highest BCUT2D eigenvalue weighted by Crippen LogP contribution is 2.35. The quantitative estimate of drug-likeness (QED) is 0.867. The fourth-order valence-corrected chi connectivity index (χ4v) is 4.06. The molecule has 0 radical (unpaired) electrons. The first-order valence-electron chi connectivity index (χ1n) is 9.04. The SMILES string of the molecule is COc1cc(OC2CC(C)(C)NC(C)(C)C2)ccc1-c1cccc(N)n1. The van der Waals surface area contributed by atoms with E-state index in [9.17, 15) is 0 Å². The Morgan fingerprint density at radius 2 is 1.77 bits per heavy atom. The van der Waals surface area contributed by atoms with Crippen molar-refractivity contribution < 1.29 is 9.47 Å². The van der Waals surface area contributed by atoms with Crippen molar-refractivity contribution in [2.45, 2.75) is 57.7 Å². The number of rotatable bonds is 4. The molecule has 1 aromatic carbocycles. The molecule has 3 rings (SSSR count). The molecular weight excluding hydrogens is 326 g/mol. The van der Waals surface area contributed by atoms with Gasteiger partial charge in [-0.1, -0.05) is 6.07 Å². The summed E-state index contributed by atoms with van der Waals surface area (Å²) in [5.41, 5.74) is 7.59. The lowest BCUT2D eigenvalue weighted by atomic mass is 9.81. The van der Waals surface area contributed by atoms with Crippen molar-refractivity contribution in [2.24, 2.45) is 0 Å². The lowest BCUT2D eigenvalue weighted by Gasteiger charge is -2.46. The zero-order valence-electron chi connectivity index (χ0n) is 16.3. The molecule has 2 aromatic rings. The average Bonchev–Trinajstić information content (AvgIpc) is 2.51. The molecule has 1 saturated heterocycles. The first-order valence-corrected chi connectivity index (χ1v) is 9.04. The molecule has 0 saturated carbocycles. The second-order valence-electron chi connectivity index (χ2n) is 8.35. The average molecular weight is 355 g/mol. The van der Waals surface area contributed by atoms with Gasteiger partial charge in [0, 0.05) is 35.5 Å². The number of ether oxygens (including phenoxy) is 2. The number of piperidine rings is 1. The van der Waals surface area contributed by atoms with E-state index in [4.69, 9.17) is 15.2 Å². The van der Waals surface area contributed by atoms with E-state index in [1.165, 1.54) is 0 Å². The lowest BCUT2D eigenvalue weighted by Crippen LogP contribution is -2.60. The fourth-order valence-electron chi connectivity index (χ4n) is 4.06. The molecule has 1 aliphatic rings. The summed E-state index contributed by atoms with van der Waals surface area (Å²) in [6, 6.07) is 11.5. The topological polar surface area (TPSA) is 69.4 Å². The summed E-state index contributed by atoms with van der Waals surface area (Å²) < 4.78 is 11.9. The van der Waals surface area contributed by atoms with Crippen LogP contribution >= 0.6 is 0 Å². The zero-order valence-corrected chi connectivity index (χ0v) is 16.3. The van der Waals surface area contributed by atoms with Crippen molar-refractivity contribution in [3.8, 4) is 22.8 Å². The molecule has 5 nitrogen and oxygen atoms in total. The Labute approximate surface area is 155 Å². The van der Waals surface area contributed by atoms with Crippen LogP contribution in [0.3, 0.4) is 0 Å². The van der Waals surface area contributed by atoms with Crippen LogP contribution in [-0.4, -0.2) is 29.3 Å². The van der Waals surface area contributed by atoms with Gasteiger partial charge in [0.2, 0.25) is 0 Å². The molecular formula is C21H29N3O2. The molecule has 2 heterocycles. The molecule has 0 aliphatic carbocycles. The number of nitrogen functional groups attached to an aromatic ring is 1. The molecule has 1 aliphatic heterocycles. The zero-order chi connectivity index (χ0) is 18.9. The number of aromatic nitrogens is 1. The van der Waals surface area contributed by atoms with Crippen LogP contribution in [0, 0.1) is 0 Å².